The molecule has 52 valence electrons. The van der Waals surface area contributed by atoms with Gasteiger partial charge in [0, 0.05) is 19.3 Å². The Hall–Kier alpha value is -1.09. The standard InChI is InChI=1S/C7H9N3/c1-3-8-5-6(1)7-2-4-9-10-7/h1-2,4,8H,3,5H2,(H,9,10). The van der Waals surface area contributed by atoms with E-state index in [-0.39, 0.29) is 0 Å². The van der Waals surface area contributed by atoms with Crippen molar-refractivity contribution in [3.8, 4) is 0 Å². The highest BCUT2D eigenvalue weighted by atomic mass is 15.1. The van der Waals surface area contributed by atoms with Crippen LogP contribution in [0.5, 0.6) is 0 Å². The van der Waals surface area contributed by atoms with Crippen molar-refractivity contribution in [2.45, 2.75) is 0 Å². The molecule has 0 aliphatic carbocycles. The van der Waals surface area contributed by atoms with Crippen molar-refractivity contribution in [1.29, 1.82) is 0 Å². The summed E-state index contributed by atoms with van der Waals surface area (Å²) >= 11 is 0. The fraction of sp³-hybridized carbons (Fsp3) is 0.286. The van der Waals surface area contributed by atoms with Gasteiger partial charge in [-0.15, -0.1) is 0 Å². The number of nitrogens with one attached hydrogen (secondary N) is 2. The second-order valence-electron chi connectivity index (χ2n) is 2.32. The molecular formula is C7H9N3. The first kappa shape index (κ1) is 5.68. The van der Waals surface area contributed by atoms with Crippen LogP contribution < -0.4 is 5.32 Å². The maximum absolute atomic E-state index is 4.06. The lowest BCUT2D eigenvalue weighted by Gasteiger charge is -1.92. The number of nitrogens with zero attached hydrogens (tertiary/aromatic N) is 1. The Kier molecular flexibility index (Phi) is 1.29. The van der Waals surface area contributed by atoms with Gasteiger partial charge in [-0.2, -0.15) is 5.10 Å². The highest BCUT2D eigenvalue weighted by molar-refractivity contribution is 5.65. The molecule has 0 saturated heterocycles. The monoisotopic (exact) mass is 135 g/mol. The molecular weight excluding hydrogens is 126 g/mol. The van der Waals surface area contributed by atoms with Gasteiger partial charge in [0.1, 0.15) is 0 Å². The zero-order valence-corrected chi connectivity index (χ0v) is 5.59. The lowest BCUT2D eigenvalue weighted by Crippen LogP contribution is -2.07. The molecule has 2 rings (SSSR count). The molecule has 1 aromatic rings. The van der Waals surface area contributed by atoms with Gasteiger partial charge in [-0.25, -0.2) is 0 Å². The number of aromatic amines is 1. The van der Waals surface area contributed by atoms with Crippen LogP contribution in [0.2, 0.25) is 0 Å². The fourth-order valence-electron chi connectivity index (χ4n) is 1.11. The Labute approximate surface area is 59.1 Å². The van der Waals surface area contributed by atoms with Gasteiger partial charge in [0.25, 0.3) is 0 Å². The van der Waals surface area contributed by atoms with Crippen molar-refractivity contribution in [1.82, 2.24) is 15.5 Å². The van der Waals surface area contributed by atoms with Crippen LogP contribution in [0.15, 0.2) is 18.3 Å². The van der Waals surface area contributed by atoms with Crippen LogP contribution in [0.4, 0.5) is 0 Å². The number of H-pyrrole nitrogens is 1. The third kappa shape index (κ3) is 0.844. The SMILES string of the molecule is C1=C(c2cc[nH]n2)CNC1. The Morgan fingerprint density at radius 2 is 2.50 bits per heavy atom. The predicted octanol–water partition coefficient (Wildman–Crippen LogP) is 0.396. The molecule has 3 nitrogen and oxygen atoms in total. The summed E-state index contributed by atoms with van der Waals surface area (Å²) in [7, 11) is 0. The zero-order chi connectivity index (χ0) is 6.81. The van der Waals surface area contributed by atoms with E-state index in [1.807, 2.05) is 12.3 Å². The fourth-order valence-corrected chi connectivity index (χ4v) is 1.11. The third-order valence-corrected chi connectivity index (χ3v) is 1.64. The van der Waals surface area contributed by atoms with E-state index in [2.05, 4.69) is 21.6 Å². The number of hydrogen-bond acceptors (Lipinski definition) is 2. The Morgan fingerprint density at radius 3 is 3.10 bits per heavy atom. The summed E-state index contributed by atoms with van der Waals surface area (Å²) in [6.07, 6.45) is 4.00. The van der Waals surface area contributed by atoms with Crippen molar-refractivity contribution in [3.05, 3.63) is 24.0 Å². The van der Waals surface area contributed by atoms with Gasteiger partial charge in [0.15, 0.2) is 0 Å². The van der Waals surface area contributed by atoms with Crippen molar-refractivity contribution in [2.24, 2.45) is 0 Å². The van der Waals surface area contributed by atoms with Crippen LogP contribution >= 0.6 is 0 Å². The number of rotatable bonds is 1. The highest BCUT2D eigenvalue weighted by Crippen LogP contribution is 2.11. The first-order valence-electron chi connectivity index (χ1n) is 3.37. The first-order chi connectivity index (χ1) is 4.97. The third-order valence-electron chi connectivity index (χ3n) is 1.64. The molecule has 2 heterocycles. The minimum absolute atomic E-state index is 0.949. The summed E-state index contributed by atoms with van der Waals surface area (Å²) < 4.78 is 0. The molecule has 0 radical (unpaired) electrons. The van der Waals surface area contributed by atoms with E-state index in [1.54, 1.807) is 0 Å². The number of hydrogen-bond donors (Lipinski definition) is 2. The highest BCUT2D eigenvalue weighted by Gasteiger charge is 2.06. The van der Waals surface area contributed by atoms with Gasteiger partial charge in [-0.1, -0.05) is 6.08 Å². The summed E-state index contributed by atoms with van der Waals surface area (Å²) in [5.74, 6) is 0. The minimum Gasteiger partial charge on any atom is -0.309 e. The van der Waals surface area contributed by atoms with Crippen LogP contribution in [0.1, 0.15) is 5.69 Å². The second kappa shape index (κ2) is 2.27. The molecule has 10 heavy (non-hydrogen) atoms. The van der Waals surface area contributed by atoms with Crippen LogP contribution in [-0.2, 0) is 0 Å². The van der Waals surface area contributed by atoms with E-state index < -0.39 is 0 Å². The lowest BCUT2D eigenvalue weighted by atomic mass is 10.2. The number of aromatic nitrogens is 2. The lowest BCUT2D eigenvalue weighted by molar-refractivity contribution is 0.894. The summed E-state index contributed by atoms with van der Waals surface area (Å²) in [4.78, 5) is 0. The van der Waals surface area contributed by atoms with E-state index in [0.29, 0.717) is 0 Å². The molecule has 0 saturated carbocycles. The minimum atomic E-state index is 0.949. The van der Waals surface area contributed by atoms with Gasteiger partial charge in [-0.05, 0) is 11.6 Å². The van der Waals surface area contributed by atoms with E-state index in [1.165, 1.54) is 5.57 Å². The van der Waals surface area contributed by atoms with Crippen molar-refractivity contribution < 1.29 is 0 Å². The van der Waals surface area contributed by atoms with Crippen LogP contribution in [0, 0.1) is 0 Å². The van der Waals surface area contributed by atoms with E-state index in [4.69, 9.17) is 0 Å². The molecule has 1 aliphatic heterocycles. The Balaban J connectivity index is 2.28. The van der Waals surface area contributed by atoms with Crippen molar-refractivity contribution in [3.63, 3.8) is 0 Å². The molecule has 0 aromatic carbocycles. The Bertz CT molecular complexity index is 235. The van der Waals surface area contributed by atoms with Gasteiger partial charge in [-0.3, -0.25) is 5.10 Å². The maximum atomic E-state index is 4.06. The molecule has 0 atom stereocenters. The molecule has 3 heteroatoms. The van der Waals surface area contributed by atoms with Gasteiger partial charge >= 0.3 is 0 Å². The van der Waals surface area contributed by atoms with Crippen molar-refractivity contribution in [2.75, 3.05) is 13.1 Å². The maximum Gasteiger partial charge on any atom is 0.0890 e. The largest absolute Gasteiger partial charge is 0.309 e. The molecule has 0 spiro atoms. The predicted molar refractivity (Wildman–Crippen MR) is 39.4 cm³/mol. The first-order valence-corrected chi connectivity index (χ1v) is 3.37. The topological polar surface area (TPSA) is 40.7 Å². The van der Waals surface area contributed by atoms with E-state index in [9.17, 15) is 0 Å². The van der Waals surface area contributed by atoms with Crippen LogP contribution in [0.25, 0.3) is 5.57 Å². The van der Waals surface area contributed by atoms with Crippen LogP contribution in [0.3, 0.4) is 0 Å². The summed E-state index contributed by atoms with van der Waals surface area (Å²) in [6.45, 7) is 1.92. The van der Waals surface area contributed by atoms with E-state index in [0.717, 1.165) is 18.8 Å². The normalized spacial score (nSPS) is 17.4. The zero-order valence-electron chi connectivity index (χ0n) is 5.59. The molecule has 1 aliphatic rings. The average molecular weight is 135 g/mol. The smallest absolute Gasteiger partial charge is 0.0890 e. The van der Waals surface area contributed by atoms with E-state index >= 15 is 0 Å². The molecule has 1 aromatic heterocycles. The average Bonchev–Trinajstić information content (AvgIpc) is 2.59. The summed E-state index contributed by atoms with van der Waals surface area (Å²) in [6, 6.07) is 1.98. The van der Waals surface area contributed by atoms with Crippen molar-refractivity contribution >= 4 is 5.57 Å². The van der Waals surface area contributed by atoms with Gasteiger partial charge < -0.3 is 5.32 Å². The van der Waals surface area contributed by atoms with Gasteiger partial charge in [0.05, 0.1) is 5.69 Å². The molecule has 2 N–H and O–H groups in total. The summed E-state index contributed by atoms with van der Waals surface area (Å²) in [5.41, 5.74) is 2.35. The molecule has 0 bridgehead atoms. The quantitative estimate of drug-likeness (QED) is 0.585. The molecule has 0 unspecified atom stereocenters. The second-order valence-corrected chi connectivity index (χ2v) is 2.32. The van der Waals surface area contributed by atoms with Crippen LogP contribution in [-0.4, -0.2) is 23.3 Å². The molecule has 0 amide bonds. The van der Waals surface area contributed by atoms with Gasteiger partial charge in [0.2, 0.25) is 0 Å². The Morgan fingerprint density at radius 1 is 1.50 bits per heavy atom. The molecule has 0 fully saturated rings. The summed E-state index contributed by atoms with van der Waals surface area (Å²) in [5, 5.41) is 10.1.